The molecule has 2 aromatic rings. The number of aromatic nitrogens is 1. The summed E-state index contributed by atoms with van der Waals surface area (Å²) in [4.78, 5) is 6.01. The lowest BCUT2D eigenvalue weighted by Crippen LogP contribution is -2.46. The molecule has 3 nitrogen and oxygen atoms in total. The lowest BCUT2D eigenvalue weighted by molar-refractivity contribution is 0.0876. The van der Waals surface area contributed by atoms with Crippen LogP contribution in [0.25, 0.3) is 10.9 Å². The SMILES string of the molecule is Cl.Cl.Nc1ccc2[nH]cc(C3CN4CCC3CC4)c2c1. The summed E-state index contributed by atoms with van der Waals surface area (Å²) in [5.74, 6) is 1.57. The van der Waals surface area contributed by atoms with Gasteiger partial charge in [-0.15, -0.1) is 24.8 Å². The second-order valence-electron chi connectivity index (χ2n) is 5.79. The summed E-state index contributed by atoms with van der Waals surface area (Å²) < 4.78 is 0. The van der Waals surface area contributed by atoms with Gasteiger partial charge in [0, 0.05) is 35.2 Å². The fourth-order valence-electron chi connectivity index (χ4n) is 3.78. The standard InChI is InChI=1S/C15H19N3.2ClH/c16-11-1-2-15-12(7-11)13(8-17-15)14-9-18-5-3-10(14)4-6-18;;/h1-2,7-8,10,14,17H,3-6,9,16H2;2*1H. The number of nitrogens with zero attached hydrogens (tertiary/aromatic N) is 1. The van der Waals surface area contributed by atoms with Crippen LogP contribution in [0.5, 0.6) is 0 Å². The maximum Gasteiger partial charge on any atom is 0.0458 e. The molecule has 2 bridgehead atoms. The zero-order chi connectivity index (χ0) is 12.1. The van der Waals surface area contributed by atoms with Crippen LogP contribution in [-0.4, -0.2) is 29.5 Å². The Morgan fingerprint density at radius 1 is 1.15 bits per heavy atom. The van der Waals surface area contributed by atoms with Crippen LogP contribution in [0.15, 0.2) is 24.4 Å². The van der Waals surface area contributed by atoms with Crippen molar-refractivity contribution < 1.29 is 0 Å². The molecule has 5 heteroatoms. The molecule has 0 aliphatic carbocycles. The maximum absolute atomic E-state index is 5.93. The topological polar surface area (TPSA) is 45.1 Å². The Balaban J connectivity index is 0.000000735. The van der Waals surface area contributed by atoms with E-state index in [2.05, 4.69) is 28.2 Å². The van der Waals surface area contributed by atoms with Crippen molar-refractivity contribution in [1.29, 1.82) is 0 Å². The predicted molar refractivity (Wildman–Crippen MR) is 89.1 cm³/mol. The summed E-state index contributed by atoms with van der Waals surface area (Å²) >= 11 is 0. The van der Waals surface area contributed by atoms with Crippen LogP contribution in [0.4, 0.5) is 5.69 Å². The third kappa shape index (κ3) is 2.39. The summed E-state index contributed by atoms with van der Waals surface area (Å²) in [5.41, 5.74) is 9.50. The number of hydrogen-bond donors (Lipinski definition) is 2. The average molecular weight is 314 g/mol. The second-order valence-corrected chi connectivity index (χ2v) is 5.79. The van der Waals surface area contributed by atoms with Crippen LogP contribution in [0, 0.1) is 5.92 Å². The fraction of sp³-hybridized carbons (Fsp3) is 0.467. The van der Waals surface area contributed by atoms with Crippen LogP contribution >= 0.6 is 24.8 Å². The minimum absolute atomic E-state index is 0. The number of anilines is 1. The third-order valence-electron chi connectivity index (χ3n) is 4.79. The van der Waals surface area contributed by atoms with Crippen molar-refractivity contribution in [3.8, 4) is 0 Å². The summed E-state index contributed by atoms with van der Waals surface area (Å²) in [6, 6.07) is 6.19. The largest absolute Gasteiger partial charge is 0.399 e. The molecule has 3 aliphatic rings. The number of nitrogen functional groups attached to an aromatic ring is 1. The Kier molecular flexibility index (Phi) is 4.52. The quantitative estimate of drug-likeness (QED) is 0.792. The number of halogens is 2. The predicted octanol–water partition coefficient (Wildman–Crippen LogP) is 3.40. The van der Waals surface area contributed by atoms with Crippen LogP contribution in [0.3, 0.4) is 0 Å². The van der Waals surface area contributed by atoms with Gasteiger partial charge in [0.2, 0.25) is 0 Å². The number of rotatable bonds is 1. The van der Waals surface area contributed by atoms with Gasteiger partial charge in [0.15, 0.2) is 0 Å². The van der Waals surface area contributed by atoms with Crippen molar-refractivity contribution in [2.45, 2.75) is 18.8 Å². The first kappa shape index (κ1) is 15.5. The van der Waals surface area contributed by atoms with Crippen LogP contribution < -0.4 is 5.73 Å². The van der Waals surface area contributed by atoms with E-state index in [0.717, 1.165) is 11.6 Å². The van der Waals surface area contributed by atoms with Crippen molar-refractivity contribution in [1.82, 2.24) is 9.88 Å². The van der Waals surface area contributed by atoms with E-state index >= 15 is 0 Å². The van der Waals surface area contributed by atoms with Gasteiger partial charge in [0.05, 0.1) is 0 Å². The summed E-state index contributed by atoms with van der Waals surface area (Å²) in [5, 5.41) is 1.33. The van der Waals surface area contributed by atoms with Crippen LogP contribution in [0.2, 0.25) is 0 Å². The lowest BCUT2D eigenvalue weighted by atomic mass is 9.75. The molecule has 3 aliphatic heterocycles. The number of H-pyrrole nitrogens is 1. The summed E-state index contributed by atoms with van der Waals surface area (Å²) in [7, 11) is 0. The lowest BCUT2D eigenvalue weighted by Gasteiger charge is -2.44. The Labute approximate surface area is 131 Å². The van der Waals surface area contributed by atoms with Gasteiger partial charge in [-0.2, -0.15) is 0 Å². The number of benzene rings is 1. The highest BCUT2D eigenvalue weighted by atomic mass is 35.5. The first-order valence-electron chi connectivity index (χ1n) is 6.90. The van der Waals surface area contributed by atoms with Crippen molar-refractivity contribution in [3.05, 3.63) is 30.0 Å². The highest BCUT2D eigenvalue weighted by Crippen LogP contribution is 2.41. The van der Waals surface area contributed by atoms with Crippen molar-refractivity contribution in [3.63, 3.8) is 0 Å². The molecule has 5 rings (SSSR count). The molecule has 20 heavy (non-hydrogen) atoms. The Bertz CT molecular complexity index is 588. The minimum Gasteiger partial charge on any atom is -0.399 e. The molecule has 3 N–H and O–H groups in total. The molecule has 110 valence electrons. The van der Waals surface area contributed by atoms with Crippen molar-refractivity contribution in [2.24, 2.45) is 5.92 Å². The highest BCUT2D eigenvalue weighted by molar-refractivity contribution is 5.86. The third-order valence-corrected chi connectivity index (χ3v) is 4.79. The smallest absolute Gasteiger partial charge is 0.0458 e. The molecule has 1 aromatic heterocycles. The molecule has 1 aromatic carbocycles. The van der Waals surface area contributed by atoms with Crippen molar-refractivity contribution in [2.75, 3.05) is 25.4 Å². The van der Waals surface area contributed by atoms with E-state index in [1.54, 1.807) is 0 Å². The molecule has 1 atom stereocenters. The second kappa shape index (κ2) is 5.84. The molecule has 4 heterocycles. The zero-order valence-corrected chi connectivity index (χ0v) is 13.0. The molecule has 1 unspecified atom stereocenters. The fourth-order valence-corrected chi connectivity index (χ4v) is 3.78. The van der Waals surface area contributed by atoms with Crippen LogP contribution in [-0.2, 0) is 0 Å². The van der Waals surface area contributed by atoms with E-state index < -0.39 is 0 Å². The van der Waals surface area contributed by atoms with Gasteiger partial charge in [-0.25, -0.2) is 0 Å². The van der Waals surface area contributed by atoms with Gasteiger partial charge in [-0.3, -0.25) is 0 Å². The highest BCUT2D eigenvalue weighted by Gasteiger charge is 2.35. The number of nitrogens with one attached hydrogen (secondary N) is 1. The average Bonchev–Trinajstić information content (AvgIpc) is 2.83. The number of fused-ring (bicyclic) bond motifs is 4. The molecular formula is C15H21Cl2N3. The van der Waals surface area contributed by atoms with Gasteiger partial charge in [0.25, 0.3) is 0 Å². The Morgan fingerprint density at radius 2 is 1.90 bits per heavy atom. The van der Waals surface area contributed by atoms with Gasteiger partial charge >= 0.3 is 0 Å². The molecular weight excluding hydrogens is 293 g/mol. The Morgan fingerprint density at radius 3 is 2.55 bits per heavy atom. The summed E-state index contributed by atoms with van der Waals surface area (Å²) in [6.45, 7) is 3.82. The minimum atomic E-state index is 0. The zero-order valence-electron chi connectivity index (χ0n) is 11.3. The number of aromatic amines is 1. The van der Waals surface area contributed by atoms with Crippen molar-refractivity contribution >= 4 is 41.4 Å². The van der Waals surface area contributed by atoms with Gasteiger partial charge in [-0.1, -0.05) is 0 Å². The van der Waals surface area contributed by atoms with Gasteiger partial charge in [-0.05, 0) is 55.6 Å². The van der Waals surface area contributed by atoms with E-state index in [4.69, 9.17) is 5.73 Å². The first-order chi connectivity index (χ1) is 8.81. The summed E-state index contributed by atoms with van der Waals surface area (Å²) in [6.07, 6.45) is 4.93. The molecule has 0 amide bonds. The monoisotopic (exact) mass is 313 g/mol. The molecule has 0 saturated carbocycles. The molecule has 3 saturated heterocycles. The number of hydrogen-bond acceptors (Lipinski definition) is 2. The van der Waals surface area contributed by atoms with E-state index in [1.807, 2.05) is 6.07 Å². The molecule has 0 radical (unpaired) electrons. The van der Waals surface area contributed by atoms with Crippen LogP contribution in [0.1, 0.15) is 24.3 Å². The normalized spacial score (nSPS) is 27.9. The van der Waals surface area contributed by atoms with E-state index in [9.17, 15) is 0 Å². The van der Waals surface area contributed by atoms with E-state index in [1.165, 1.54) is 48.9 Å². The number of nitrogens with two attached hydrogens (primary N) is 1. The Hall–Kier alpha value is -0.900. The number of piperidine rings is 3. The van der Waals surface area contributed by atoms with E-state index in [0.29, 0.717) is 5.92 Å². The van der Waals surface area contributed by atoms with E-state index in [-0.39, 0.29) is 24.8 Å². The van der Waals surface area contributed by atoms with Gasteiger partial charge in [0.1, 0.15) is 0 Å². The molecule has 3 fully saturated rings. The molecule has 0 spiro atoms. The van der Waals surface area contributed by atoms with Gasteiger partial charge < -0.3 is 15.6 Å². The maximum atomic E-state index is 5.93. The first-order valence-corrected chi connectivity index (χ1v) is 6.90.